The van der Waals surface area contributed by atoms with Crippen LogP contribution in [0.5, 0.6) is 0 Å². The fourth-order valence-electron chi connectivity index (χ4n) is 1.98. The molecule has 0 aromatic carbocycles. The van der Waals surface area contributed by atoms with Gasteiger partial charge < -0.3 is 10.6 Å². The zero-order chi connectivity index (χ0) is 15.2. The van der Waals surface area contributed by atoms with Crippen LogP contribution < -0.4 is 5.73 Å². The van der Waals surface area contributed by atoms with E-state index in [1.807, 2.05) is 19.1 Å². The van der Waals surface area contributed by atoms with Crippen molar-refractivity contribution in [1.29, 1.82) is 0 Å². The predicted octanol–water partition coefficient (Wildman–Crippen LogP) is 4.32. The van der Waals surface area contributed by atoms with Crippen LogP contribution >= 0.6 is 0 Å². The summed E-state index contributed by atoms with van der Waals surface area (Å²) >= 11 is 0. The minimum Gasteiger partial charge on any atom is -0.342 e. The van der Waals surface area contributed by atoms with Crippen LogP contribution in [0.1, 0.15) is 26.2 Å². The van der Waals surface area contributed by atoms with E-state index in [-0.39, 0.29) is 0 Å². The average Bonchev–Trinajstić information content (AvgIpc) is 2.51. The Labute approximate surface area is 124 Å². The van der Waals surface area contributed by atoms with E-state index in [0.717, 1.165) is 25.8 Å². The molecule has 20 heavy (non-hydrogen) atoms. The summed E-state index contributed by atoms with van der Waals surface area (Å²) in [5.74, 6) is 0. The first kappa shape index (κ1) is 18.2. The van der Waals surface area contributed by atoms with Gasteiger partial charge >= 0.3 is 0 Å². The Balaban J connectivity index is 0.00000172. The van der Waals surface area contributed by atoms with E-state index in [0.29, 0.717) is 6.54 Å². The number of rotatable bonds is 7. The zero-order valence-electron chi connectivity index (χ0n) is 12.7. The van der Waals surface area contributed by atoms with Crippen molar-refractivity contribution in [2.75, 3.05) is 13.1 Å². The fourth-order valence-corrected chi connectivity index (χ4v) is 1.98. The van der Waals surface area contributed by atoms with Crippen LogP contribution in [0.4, 0.5) is 0 Å². The lowest BCUT2D eigenvalue weighted by Crippen LogP contribution is -2.24. The molecule has 110 valence electrons. The van der Waals surface area contributed by atoms with Gasteiger partial charge in [0.1, 0.15) is 0 Å². The summed E-state index contributed by atoms with van der Waals surface area (Å²) in [4.78, 5) is 2.31. The molecule has 2 N–H and O–H groups in total. The maximum atomic E-state index is 5.63. The summed E-state index contributed by atoms with van der Waals surface area (Å²) in [6.45, 7) is 13.5. The summed E-state index contributed by atoms with van der Waals surface area (Å²) in [6.07, 6.45) is 18.0. The Morgan fingerprint density at radius 3 is 2.65 bits per heavy atom. The third kappa shape index (κ3) is 6.39. The highest BCUT2D eigenvalue weighted by molar-refractivity contribution is 5.32. The summed E-state index contributed by atoms with van der Waals surface area (Å²) < 4.78 is 0. The lowest BCUT2D eigenvalue weighted by atomic mass is 10.1. The maximum Gasteiger partial charge on any atom is 0.0407 e. The molecule has 0 saturated carbocycles. The molecule has 0 atom stereocenters. The lowest BCUT2D eigenvalue weighted by molar-refractivity contribution is 0.440. The van der Waals surface area contributed by atoms with Crippen molar-refractivity contribution in [3.05, 3.63) is 73.7 Å². The van der Waals surface area contributed by atoms with Crippen LogP contribution in [0.25, 0.3) is 0 Å². The SMILES string of the molecule is C=C.C=C/C=C(\C=C/C)N(CCCN)C1=CCCC=C1. The topological polar surface area (TPSA) is 29.3 Å². The monoisotopic (exact) mass is 272 g/mol. The zero-order valence-corrected chi connectivity index (χ0v) is 12.7. The third-order valence-electron chi connectivity index (χ3n) is 2.81. The molecule has 2 heteroatoms. The predicted molar refractivity (Wildman–Crippen MR) is 91.2 cm³/mol. The third-order valence-corrected chi connectivity index (χ3v) is 2.81. The standard InChI is InChI=1S/C16H24N2.C2H4/c1-3-9-15(10-4-2)18(14-8-13-17)16-11-6-5-7-12-16;1-2/h3-4,6,9-12H,1,5,7-8,13-14,17H2,2H3;1-2H2/b10-4-,15-9+;. The van der Waals surface area contributed by atoms with E-state index >= 15 is 0 Å². The first-order valence-electron chi connectivity index (χ1n) is 7.13. The molecule has 1 aliphatic carbocycles. The quantitative estimate of drug-likeness (QED) is 0.552. The highest BCUT2D eigenvalue weighted by atomic mass is 15.1. The second-order valence-electron chi connectivity index (χ2n) is 4.23. The number of allylic oxidation sites excluding steroid dienone is 7. The second-order valence-corrected chi connectivity index (χ2v) is 4.23. The van der Waals surface area contributed by atoms with Crippen molar-refractivity contribution in [3.63, 3.8) is 0 Å². The van der Waals surface area contributed by atoms with E-state index in [1.54, 1.807) is 0 Å². The van der Waals surface area contributed by atoms with Crippen molar-refractivity contribution in [2.45, 2.75) is 26.2 Å². The summed E-state index contributed by atoms with van der Waals surface area (Å²) in [7, 11) is 0. The number of nitrogens with zero attached hydrogens (tertiary/aromatic N) is 1. The Morgan fingerprint density at radius 2 is 2.15 bits per heavy atom. The average molecular weight is 272 g/mol. The van der Waals surface area contributed by atoms with Crippen LogP contribution in [0.15, 0.2) is 73.7 Å². The molecule has 0 aromatic rings. The van der Waals surface area contributed by atoms with Gasteiger partial charge in [0.15, 0.2) is 0 Å². The number of hydrogen-bond donors (Lipinski definition) is 1. The molecule has 0 fully saturated rings. The first-order chi connectivity index (χ1) is 9.83. The van der Waals surface area contributed by atoms with Gasteiger partial charge in [0.25, 0.3) is 0 Å². The van der Waals surface area contributed by atoms with Crippen LogP contribution in [-0.4, -0.2) is 18.0 Å². The van der Waals surface area contributed by atoms with Gasteiger partial charge in [-0.05, 0) is 51.0 Å². The number of nitrogens with two attached hydrogens (primary N) is 1. The van der Waals surface area contributed by atoms with Crippen LogP contribution in [-0.2, 0) is 0 Å². The fraction of sp³-hybridized carbons (Fsp3) is 0.333. The Kier molecular flexibility index (Phi) is 11.1. The number of hydrogen-bond acceptors (Lipinski definition) is 2. The Morgan fingerprint density at radius 1 is 1.40 bits per heavy atom. The van der Waals surface area contributed by atoms with Gasteiger partial charge in [0, 0.05) is 17.9 Å². The molecule has 0 heterocycles. The largest absolute Gasteiger partial charge is 0.342 e. The van der Waals surface area contributed by atoms with E-state index in [4.69, 9.17) is 5.73 Å². The smallest absolute Gasteiger partial charge is 0.0407 e. The molecular weight excluding hydrogens is 244 g/mol. The molecule has 0 saturated heterocycles. The highest BCUT2D eigenvalue weighted by Gasteiger charge is 2.11. The lowest BCUT2D eigenvalue weighted by Gasteiger charge is -2.28. The van der Waals surface area contributed by atoms with Crippen LogP contribution in [0, 0.1) is 0 Å². The maximum absolute atomic E-state index is 5.63. The highest BCUT2D eigenvalue weighted by Crippen LogP contribution is 2.20. The first-order valence-corrected chi connectivity index (χ1v) is 7.13. The summed E-state index contributed by atoms with van der Waals surface area (Å²) in [5, 5.41) is 0. The molecule has 0 spiro atoms. The molecule has 0 aliphatic heterocycles. The van der Waals surface area contributed by atoms with Crippen molar-refractivity contribution in [3.8, 4) is 0 Å². The van der Waals surface area contributed by atoms with Gasteiger partial charge in [-0.25, -0.2) is 0 Å². The van der Waals surface area contributed by atoms with Gasteiger partial charge in [-0.3, -0.25) is 0 Å². The molecule has 1 aliphatic rings. The summed E-state index contributed by atoms with van der Waals surface area (Å²) in [6, 6.07) is 0. The minimum atomic E-state index is 0.713. The Hall–Kier alpha value is -1.80. The van der Waals surface area contributed by atoms with Crippen molar-refractivity contribution in [2.24, 2.45) is 5.73 Å². The van der Waals surface area contributed by atoms with Gasteiger partial charge in [-0.15, -0.1) is 13.2 Å². The normalized spacial score (nSPS) is 14.5. The summed E-state index contributed by atoms with van der Waals surface area (Å²) in [5.41, 5.74) is 8.06. The van der Waals surface area contributed by atoms with Gasteiger partial charge in [-0.2, -0.15) is 0 Å². The molecule has 2 nitrogen and oxygen atoms in total. The van der Waals surface area contributed by atoms with Gasteiger partial charge in [0.05, 0.1) is 0 Å². The molecule has 0 unspecified atom stereocenters. The molecule has 0 bridgehead atoms. The molecule has 0 radical (unpaired) electrons. The molecule has 1 rings (SSSR count). The minimum absolute atomic E-state index is 0.713. The molecular formula is C18H28N2. The molecule has 0 aromatic heterocycles. The van der Waals surface area contributed by atoms with Gasteiger partial charge in [-0.1, -0.05) is 30.9 Å². The van der Waals surface area contributed by atoms with E-state index < -0.39 is 0 Å². The van der Waals surface area contributed by atoms with E-state index in [1.165, 1.54) is 11.4 Å². The van der Waals surface area contributed by atoms with E-state index in [2.05, 4.69) is 55.0 Å². The van der Waals surface area contributed by atoms with Crippen molar-refractivity contribution in [1.82, 2.24) is 4.90 Å². The molecule has 0 amide bonds. The second kappa shape index (κ2) is 12.2. The van der Waals surface area contributed by atoms with Crippen molar-refractivity contribution < 1.29 is 0 Å². The van der Waals surface area contributed by atoms with Gasteiger partial charge in [0.2, 0.25) is 0 Å². The van der Waals surface area contributed by atoms with E-state index in [9.17, 15) is 0 Å². The van der Waals surface area contributed by atoms with Crippen LogP contribution in [0.3, 0.4) is 0 Å². The Bertz CT molecular complexity index is 386. The van der Waals surface area contributed by atoms with Crippen molar-refractivity contribution >= 4 is 0 Å². The van der Waals surface area contributed by atoms with Crippen LogP contribution in [0.2, 0.25) is 0 Å².